The molecular formula is C26H27N3OS. The molecule has 0 aliphatic heterocycles. The minimum absolute atomic E-state index is 0.580. The highest BCUT2D eigenvalue weighted by Crippen LogP contribution is 2.19. The average Bonchev–Trinajstić information content (AvgIpc) is 3.27. The van der Waals surface area contributed by atoms with Gasteiger partial charge < -0.3 is 4.74 Å². The van der Waals surface area contributed by atoms with Crippen LogP contribution in [0.4, 0.5) is 0 Å². The molecule has 0 radical (unpaired) electrons. The summed E-state index contributed by atoms with van der Waals surface area (Å²) < 4.78 is 5.93. The summed E-state index contributed by atoms with van der Waals surface area (Å²) in [4.78, 5) is 11.4. The monoisotopic (exact) mass is 429 g/mol. The standard InChI is InChI=1S/C26H27N3OS/c1-2-24-20-31-26(28-24)18-29(17-23-9-6-14-27-15-23)16-21-10-12-25(13-11-21)30-19-22-7-4-3-5-8-22/h3-15,20H,2,16-19H2,1H3. The number of ether oxygens (including phenoxy) is 1. The second kappa shape index (κ2) is 10.8. The van der Waals surface area contributed by atoms with E-state index in [1.54, 1.807) is 11.3 Å². The fourth-order valence-electron chi connectivity index (χ4n) is 3.38. The van der Waals surface area contributed by atoms with Crippen molar-refractivity contribution in [2.24, 2.45) is 0 Å². The Bertz CT molecular complexity index is 1050. The maximum absolute atomic E-state index is 5.93. The second-order valence-electron chi connectivity index (χ2n) is 7.51. The molecular weight excluding hydrogens is 402 g/mol. The third-order valence-electron chi connectivity index (χ3n) is 5.03. The molecule has 4 aromatic rings. The van der Waals surface area contributed by atoms with Crippen LogP contribution in [0.15, 0.2) is 84.5 Å². The highest BCUT2D eigenvalue weighted by Gasteiger charge is 2.11. The molecule has 0 spiro atoms. The van der Waals surface area contributed by atoms with Crippen LogP contribution in [0.1, 0.15) is 34.3 Å². The zero-order valence-corrected chi connectivity index (χ0v) is 18.6. The number of nitrogens with zero attached hydrogens (tertiary/aromatic N) is 3. The quantitative estimate of drug-likeness (QED) is 0.315. The summed E-state index contributed by atoms with van der Waals surface area (Å²) >= 11 is 1.74. The first-order valence-electron chi connectivity index (χ1n) is 10.6. The molecule has 2 aromatic carbocycles. The molecule has 5 heteroatoms. The number of benzene rings is 2. The van der Waals surface area contributed by atoms with Gasteiger partial charge in [-0.2, -0.15) is 0 Å². The maximum Gasteiger partial charge on any atom is 0.119 e. The predicted octanol–water partition coefficient (Wildman–Crippen LogP) is 5.88. The van der Waals surface area contributed by atoms with Crippen LogP contribution in [0.25, 0.3) is 0 Å². The summed E-state index contributed by atoms with van der Waals surface area (Å²) in [5.74, 6) is 0.888. The van der Waals surface area contributed by atoms with E-state index in [9.17, 15) is 0 Å². The molecule has 158 valence electrons. The van der Waals surface area contributed by atoms with Crippen molar-refractivity contribution in [1.82, 2.24) is 14.9 Å². The topological polar surface area (TPSA) is 38.2 Å². The van der Waals surface area contributed by atoms with Crippen LogP contribution in [0.5, 0.6) is 5.75 Å². The van der Waals surface area contributed by atoms with Crippen molar-refractivity contribution >= 4 is 11.3 Å². The van der Waals surface area contributed by atoms with Crippen molar-refractivity contribution in [3.05, 3.63) is 112 Å². The molecule has 0 fully saturated rings. The third-order valence-corrected chi connectivity index (χ3v) is 5.91. The van der Waals surface area contributed by atoms with Gasteiger partial charge in [0.05, 0.1) is 12.2 Å². The van der Waals surface area contributed by atoms with Crippen LogP contribution < -0.4 is 4.74 Å². The van der Waals surface area contributed by atoms with Crippen LogP contribution in [-0.2, 0) is 32.7 Å². The molecule has 0 amide bonds. The van der Waals surface area contributed by atoms with Crippen LogP contribution >= 0.6 is 11.3 Å². The number of rotatable bonds is 10. The Morgan fingerprint density at radius 1 is 0.839 bits per heavy atom. The number of aromatic nitrogens is 2. The zero-order valence-electron chi connectivity index (χ0n) is 17.8. The molecule has 2 heterocycles. The van der Waals surface area contributed by atoms with E-state index in [2.05, 4.69) is 64.7 Å². The molecule has 0 atom stereocenters. The van der Waals surface area contributed by atoms with Crippen molar-refractivity contribution in [2.75, 3.05) is 0 Å². The van der Waals surface area contributed by atoms with E-state index in [1.807, 2.05) is 36.7 Å². The van der Waals surface area contributed by atoms with Crippen molar-refractivity contribution < 1.29 is 4.74 Å². The Morgan fingerprint density at radius 2 is 1.61 bits per heavy atom. The van der Waals surface area contributed by atoms with Crippen LogP contribution in [-0.4, -0.2) is 14.9 Å². The number of pyridine rings is 1. The van der Waals surface area contributed by atoms with Gasteiger partial charge in [-0.3, -0.25) is 9.88 Å². The lowest BCUT2D eigenvalue weighted by molar-refractivity contribution is 0.246. The molecule has 4 rings (SSSR count). The Balaban J connectivity index is 1.41. The highest BCUT2D eigenvalue weighted by atomic mass is 32.1. The van der Waals surface area contributed by atoms with E-state index in [1.165, 1.54) is 22.4 Å². The van der Waals surface area contributed by atoms with E-state index >= 15 is 0 Å². The molecule has 0 bridgehead atoms. The minimum Gasteiger partial charge on any atom is -0.489 e. The van der Waals surface area contributed by atoms with Crippen molar-refractivity contribution in [3.8, 4) is 5.75 Å². The Morgan fingerprint density at radius 3 is 2.32 bits per heavy atom. The molecule has 0 unspecified atom stereocenters. The van der Waals surface area contributed by atoms with Gasteiger partial charge in [0.25, 0.3) is 0 Å². The van der Waals surface area contributed by atoms with E-state index in [0.29, 0.717) is 6.61 Å². The van der Waals surface area contributed by atoms with E-state index < -0.39 is 0 Å². The SMILES string of the molecule is CCc1csc(CN(Cc2ccc(OCc3ccccc3)cc2)Cc2cccnc2)n1. The lowest BCUT2D eigenvalue weighted by Gasteiger charge is -2.21. The minimum atomic E-state index is 0.580. The smallest absolute Gasteiger partial charge is 0.119 e. The van der Waals surface area contributed by atoms with Gasteiger partial charge in [0.1, 0.15) is 17.4 Å². The average molecular weight is 430 g/mol. The molecule has 4 nitrogen and oxygen atoms in total. The van der Waals surface area contributed by atoms with Crippen LogP contribution in [0.2, 0.25) is 0 Å². The van der Waals surface area contributed by atoms with Gasteiger partial charge in [-0.1, -0.05) is 55.5 Å². The third kappa shape index (κ3) is 6.48. The lowest BCUT2D eigenvalue weighted by atomic mass is 10.2. The summed E-state index contributed by atoms with van der Waals surface area (Å²) in [6, 6.07) is 22.8. The van der Waals surface area contributed by atoms with Crippen LogP contribution in [0.3, 0.4) is 0 Å². The summed E-state index contributed by atoms with van der Waals surface area (Å²) in [7, 11) is 0. The molecule has 0 N–H and O–H groups in total. The number of hydrogen-bond acceptors (Lipinski definition) is 5. The first-order valence-corrected chi connectivity index (χ1v) is 11.5. The first-order chi connectivity index (χ1) is 15.3. The number of thiazole rings is 1. The van der Waals surface area contributed by atoms with Crippen molar-refractivity contribution in [2.45, 2.75) is 39.6 Å². The largest absolute Gasteiger partial charge is 0.489 e. The van der Waals surface area contributed by atoms with Crippen molar-refractivity contribution in [3.63, 3.8) is 0 Å². The molecule has 0 saturated carbocycles. The summed E-state index contributed by atoms with van der Waals surface area (Å²) in [6.07, 6.45) is 4.73. The lowest BCUT2D eigenvalue weighted by Crippen LogP contribution is -2.22. The Kier molecular flexibility index (Phi) is 7.42. The Labute approximate surface area is 188 Å². The normalized spacial score (nSPS) is 11.0. The fourth-order valence-corrected chi connectivity index (χ4v) is 4.30. The maximum atomic E-state index is 5.93. The summed E-state index contributed by atoms with van der Waals surface area (Å²) in [6.45, 7) is 5.23. The van der Waals surface area contributed by atoms with Gasteiger partial charge in [0, 0.05) is 30.9 Å². The van der Waals surface area contributed by atoms with Gasteiger partial charge in [0.2, 0.25) is 0 Å². The molecule has 0 aliphatic carbocycles. The number of aryl methyl sites for hydroxylation is 1. The van der Waals surface area contributed by atoms with Crippen LogP contribution in [0, 0.1) is 0 Å². The summed E-state index contributed by atoms with van der Waals surface area (Å²) in [5, 5.41) is 3.32. The van der Waals surface area contributed by atoms with E-state index in [-0.39, 0.29) is 0 Å². The fraction of sp³-hybridized carbons (Fsp3) is 0.231. The predicted molar refractivity (Wildman–Crippen MR) is 126 cm³/mol. The van der Waals surface area contributed by atoms with Gasteiger partial charge >= 0.3 is 0 Å². The van der Waals surface area contributed by atoms with E-state index in [4.69, 9.17) is 9.72 Å². The summed E-state index contributed by atoms with van der Waals surface area (Å²) in [5.41, 5.74) is 4.80. The molecule has 0 aliphatic rings. The molecule has 0 saturated heterocycles. The zero-order chi connectivity index (χ0) is 21.3. The van der Waals surface area contributed by atoms with E-state index in [0.717, 1.165) is 36.8 Å². The second-order valence-corrected chi connectivity index (χ2v) is 8.45. The van der Waals surface area contributed by atoms with Gasteiger partial charge in [-0.05, 0) is 41.3 Å². The van der Waals surface area contributed by atoms with Gasteiger partial charge in [0.15, 0.2) is 0 Å². The van der Waals surface area contributed by atoms with Gasteiger partial charge in [-0.25, -0.2) is 4.98 Å². The first kappa shape index (κ1) is 21.2. The van der Waals surface area contributed by atoms with Gasteiger partial charge in [-0.15, -0.1) is 11.3 Å². The highest BCUT2D eigenvalue weighted by molar-refractivity contribution is 7.09. The molecule has 2 aromatic heterocycles. The van der Waals surface area contributed by atoms with Crippen molar-refractivity contribution in [1.29, 1.82) is 0 Å². The number of hydrogen-bond donors (Lipinski definition) is 0. The molecule has 31 heavy (non-hydrogen) atoms. The Hall–Kier alpha value is -3.02.